The molecule has 102 valence electrons. The summed E-state index contributed by atoms with van der Waals surface area (Å²) in [6.45, 7) is 6.45. The maximum atomic E-state index is 5.72. The summed E-state index contributed by atoms with van der Waals surface area (Å²) in [7, 11) is 0. The normalized spacial score (nSPS) is 10.2. The monoisotopic (exact) mass is 269 g/mol. The van der Waals surface area contributed by atoms with Gasteiger partial charge in [-0.1, -0.05) is 13.8 Å². The number of benzene rings is 1. The van der Waals surface area contributed by atoms with Crippen molar-refractivity contribution in [3.63, 3.8) is 0 Å². The number of hydrogen-bond donors (Lipinski definition) is 2. The molecule has 1 aromatic rings. The summed E-state index contributed by atoms with van der Waals surface area (Å²) in [5, 5.41) is 3.28. The third kappa shape index (κ3) is 5.08. The molecule has 1 N–H and O–H groups in total. The van der Waals surface area contributed by atoms with Gasteiger partial charge in [-0.3, -0.25) is 0 Å². The van der Waals surface area contributed by atoms with E-state index < -0.39 is 0 Å². The van der Waals surface area contributed by atoms with Crippen LogP contribution in [0.2, 0.25) is 0 Å². The third-order valence-corrected chi connectivity index (χ3v) is 2.53. The molecule has 0 atom stereocenters. The minimum Gasteiger partial charge on any atom is -0.490 e. The van der Waals surface area contributed by atoms with Crippen LogP contribution in [-0.4, -0.2) is 25.5 Å². The van der Waals surface area contributed by atoms with Gasteiger partial charge in [-0.2, -0.15) is 12.6 Å². The number of anilines is 1. The Labute approximate surface area is 115 Å². The van der Waals surface area contributed by atoms with Gasteiger partial charge in [-0.05, 0) is 25.0 Å². The Morgan fingerprint density at radius 3 is 2.33 bits per heavy atom. The number of thiol groups is 1. The average molecular weight is 269 g/mol. The zero-order chi connectivity index (χ0) is 13.2. The number of hydrogen-bond acceptors (Lipinski definition) is 4. The summed E-state index contributed by atoms with van der Waals surface area (Å²) < 4.78 is 11.4. The van der Waals surface area contributed by atoms with Gasteiger partial charge in [0.2, 0.25) is 0 Å². The summed E-state index contributed by atoms with van der Waals surface area (Å²) in [6.07, 6.45) is 1.98. The van der Waals surface area contributed by atoms with E-state index in [1.165, 1.54) is 0 Å². The van der Waals surface area contributed by atoms with Crippen LogP contribution in [0, 0.1) is 0 Å². The second kappa shape index (κ2) is 8.97. The molecule has 0 radical (unpaired) electrons. The molecule has 1 aromatic carbocycles. The summed E-state index contributed by atoms with van der Waals surface area (Å²) in [5.74, 6) is 2.44. The molecule has 0 amide bonds. The molecular formula is C14H23NO2S. The van der Waals surface area contributed by atoms with Crippen molar-refractivity contribution in [1.29, 1.82) is 0 Å². The highest BCUT2D eigenvalue weighted by Crippen LogP contribution is 2.30. The van der Waals surface area contributed by atoms with Crippen LogP contribution >= 0.6 is 12.6 Å². The van der Waals surface area contributed by atoms with Gasteiger partial charge in [-0.25, -0.2) is 0 Å². The van der Waals surface area contributed by atoms with E-state index in [2.05, 4.69) is 31.8 Å². The SMILES string of the molecule is CCCOc1ccc(NCCS)cc1OCCC. The van der Waals surface area contributed by atoms with Crippen LogP contribution in [-0.2, 0) is 0 Å². The van der Waals surface area contributed by atoms with Crippen molar-refractivity contribution in [3.8, 4) is 11.5 Å². The fourth-order valence-corrected chi connectivity index (χ4v) is 1.59. The first-order chi connectivity index (χ1) is 8.81. The van der Waals surface area contributed by atoms with Gasteiger partial charge >= 0.3 is 0 Å². The molecule has 0 heterocycles. The largest absolute Gasteiger partial charge is 0.490 e. The second-order valence-corrected chi connectivity index (χ2v) is 4.46. The lowest BCUT2D eigenvalue weighted by atomic mass is 10.2. The highest BCUT2D eigenvalue weighted by atomic mass is 32.1. The first-order valence-corrected chi connectivity index (χ1v) is 7.19. The summed E-state index contributed by atoms with van der Waals surface area (Å²) in [4.78, 5) is 0. The standard InChI is InChI=1S/C14H23NO2S/c1-3-8-16-13-6-5-12(15-7-10-18)11-14(13)17-9-4-2/h5-6,11,15,18H,3-4,7-10H2,1-2H3. The van der Waals surface area contributed by atoms with Crippen LogP contribution in [0.5, 0.6) is 11.5 Å². The Morgan fingerprint density at radius 1 is 1.06 bits per heavy atom. The topological polar surface area (TPSA) is 30.5 Å². The van der Waals surface area contributed by atoms with Crippen LogP contribution in [0.15, 0.2) is 18.2 Å². The minimum atomic E-state index is 0.707. The number of ether oxygens (including phenoxy) is 2. The predicted molar refractivity (Wildman–Crippen MR) is 80.4 cm³/mol. The molecule has 1 rings (SSSR count). The minimum absolute atomic E-state index is 0.707. The molecule has 3 nitrogen and oxygen atoms in total. The molecule has 0 spiro atoms. The quantitative estimate of drug-likeness (QED) is 0.671. The van der Waals surface area contributed by atoms with Crippen LogP contribution < -0.4 is 14.8 Å². The van der Waals surface area contributed by atoms with Crippen molar-refractivity contribution in [2.45, 2.75) is 26.7 Å². The first kappa shape index (κ1) is 15.0. The summed E-state index contributed by atoms with van der Waals surface area (Å²) in [5.41, 5.74) is 1.04. The Balaban J connectivity index is 2.74. The van der Waals surface area contributed by atoms with Crippen LogP contribution in [0.1, 0.15) is 26.7 Å². The van der Waals surface area contributed by atoms with Gasteiger partial charge in [0, 0.05) is 24.1 Å². The summed E-state index contributed by atoms with van der Waals surface area (Å²) >= 11 is 4.18. The Hall–Kier alpha value is -1.03. The lowest BCUT2D eigenvalue weighted by Crippen LogP contribution is -2.05. The van der Waals surface area contributed by atoms with E-state index in [1.54, 1.807) is 0 Å². The zero-order valence-corrected chi connectivity index (χ0v) is 12.1. The molecule has 0 saturated heterocycles. The molecule has 0 unspecified atom stereocenters. The van der Waals surface area contributed by atoms with Gasteiger partial charge in [0.05, 0.1) is 13.2 Å². The van der Waals surface area contributed by atoms with Crippen LogP contribution in [0.3, 0.4) is 0 Å². The molecule has 0 bridgehead atoms. The van der Waals surface area contributed by atoms with Gasteiger partial charge in [0.25, 0.3) is 0 Å². The fraction of sp³-hybridized carbons (Fsp3) is 0.571. The number of nitrogens with one attached hydrogen (secondary N) is 1. The van der Waals surface area contributed by atoms with Gasteiger partial charge < -0.3 is 14.8 Å². The fourth-order valence-electron chi connectivity index (χ4n) is 1.47. The van der Waals surface area contributed by atoms with Crippen LogP contribution in [0.4, 0.5) is 5.69 Å². The average Bonchev–Trinajstić information content (AvgIpc) is 2.41. The van der Waals surface area contributed by atoms with Crippen LogP contribution in [0.25, 0.3) is 0 Å². The molecule has 0 fully saturated rings. The molecule has 0 aliphatic carbocycles. The third-order valence-electron chi connectivity index (χ3n) is 2.31. The lowest BCUT2D eigenvalue weighted by molar-refractivity contribution is 0.268. The Morgan fingerprint density at radius 2 is 1.72 bits per heavy atom. The van der Waals surface area contributed by atoms with E-state index in [-0.39, 0.29) is 0 Å². The van der Waals surface area contributed by atoms with Crippen molar-refractivity contribution in [2.24, 2.45) is 0 Å². The molecule has 0 aliphatic heterocycles. The van der Waals surface area contributed by atoms with E-state index in [9.17, 15) is 0 Å². The highest BCUT2D eigenvalue weighted by Gasteiger charge is 2.06. The van der Waals surface area contributed by atoms with E-state index in [1.807, 2.05) is 18.2 Å². The molecular weight excluding hydrogens is 246 g/mol. The maximum absolute atomic E-state index is 5.72. The summed E-state index contributed by atoms with van der Waals surface area (Å²) in [6, 6.07) is 5.96. The number of rotatable bonds is 9. The van der Waals surface area contributed by atoms with E-state index >= 15 is 0 Å². The maximum Gasteiger partial charge on any atom is 0.163 e. The molecule has 0 saturated carbocycles. The lowest BCUT2D eigenvalue weighted by Gasteiger charge is -2.14. The molecule has 18 heavy (non-hydrogen) atoms. The second-order valence-electron chi connectivity index (χ2n) is 4.01. The zero-order valence-electron chi connectivity index (χ0n) is 11.2. The van der Waals surface area contributed by atoms with Gasteiger partial charge in [0.1, 0.15) is 0 Å². The van der Waals surface area contributed by atoms with Crippen molar-refractivity contribution < 1.29 is 9.47 Å². The van der Waals surface area contributed by atoms with E-state index in [0.717, 1.165) is 42.3 Å². The van der Waals surface area contributed by atoms with Gasteiger partial charge in [0.15, 0.2) is 11.5 Å². The van der Waals surface area contributed by atoms with Crippen molar-refractivity contribution in [1.82, 2.24) is 0 Å². The molecule has 0 aliphatic rings. The first-order valence-electron chi connectivity index (χ1n) is 6.56. The molecule has 4 heteroatoms. The van der Waals surface area contributed by atoms with E-state index in [0.29, 0.717) is 13.2 Å². The Bertz CT molecular complexity index is 345. The van der Waals surface area contributed by atoms with Crippen molar-refractivity contribution in [2.75, 3.05) is 30.8 Å². The smallest absolute Gasteiger partial charge is 0.163 e. The van der Waals surface area contributed by atoms with Crippen molar-refractivity contribution >= 4 is 18.3 Å². The Kier molecular flexibility index (Phi) is 7.49. The van der Waals surface area contributed by atoms with Crippen molar-refractivity contribution in [3.05, 3.63) is 18.2 Å². The molecule has 0 aromatic heterocycles. The van der Waals surface area contributed by atoms with Gasteiger partial charge in [-0.15, -0.1) is 0 Å². The van der Waals surface area contributed by atoms with E-state index in [4.69, 9.17) is 9.47 Å². The highest BCUT2D eigenvalue weighted by molar-refractivity contribution is 7.80. The predicted octanol–water partition coefficient (Wildman–Crippen LogP) is 3.61.